The van der Waals surface area contributed by atoms with Crippen LogP contribution in [0.25, 0.3) is 0 Å². The average molecular weight is 358 g/mol. The van der Waals surface area contributed by atoms with Crippen molar-refractivity contribution in [3.05, 3.63) is 47.9 Å². The number of nitrogens with zero attached hydrogens (tertiary/aromatic N) is 1. The van der Waals surface area contributed by atoms with Crippen molar-refractivity contribution >= 4 is 23.5 Å². The third-order valence-corrected chi connectivity index (χ3v) is 3.99. The van der Waals surface area contributed by atoms with Gasteiger partial charge in [-0.1, -0.05) is 12.1 Å². The quantitative estimate of drug-likeness (QED) is 0.827. The van der Waals surface area contributed by atoms with E-state index in [0.29, 0.717) is 17.0 Å². The molecule has 136 valence electrons. The Morgan fingerprint density at radius 3 is 2.73 bits per heavy atom. The highest BCUT2D eigenvalue weighted by Crippen LogP contribution is 2.33. The number of benzene rings is 1. The van der Waals surface area contributed by atoms with Gasteiger partial charge in [-0.05, 0) is 25.1 Å². The zero-order valence-corrected chi connectivity index (χ0v) is 14.4. The molecule has 1 aromatic heterocycles. The Hall–Kier alpha value is -3.29. The van der Waals surface area contributed by atoms with Gasteiger partial charge < -0.3 is 24.1 Å². The molecule has 1 unspecified atom stereocenters. The van der Waals surface area contributed by atoms with Gasteiger partial charge in [-0.15, -0.1) is 0 Å². The molecule has 1 aliphatic heterocycles. The maximum Gasteiger partial charge on any atom is 0.375 e. The van der Waals surface area contributed by atoms with Gasteiger partial charge in [0.15, 0.2) is 12.7 Å². The third kappa shape index (κ3) is 3.39. The molecule has 2 amide bonds. The molecule has 3 rings (SSSR count). The van der Waals surface area contributed by atoms with Gasteiger partial charge in [0.1, 0.15) is 5.75 Å². The number of likely N-dealkylation sites (N-methyl/N-ethyl adjacent to an activating group) is 1. The minimum Gasteiger partial charge on any atom is -0.477 e. The van der Waals surface area contributed by atoms with Crippen molar-refractivity contribution < 1.29 is 28.3 Å². The summed E-state index contributed by atoms with van der Waals surface area (Å²) in [5.74, 6) is -1.06. The largest absolute Gasteiger partial charge is 0.477 e. The molecule has 1 aliphatic rings. The standard InChI is InChI=1S/C18H18N2O6/c1-11-7-8-24-16(11)18(23)25-10-15(21)20-9-14(17(22)19-2)26-13-6-4-3-5-12(13)20/h3-8,14H,9-10H2,1-2H3,(H,19,22). The maximum absolute atomic E-state index is 12.6. The Bertz CT molecular complexity index is 844. The smallest absolute Gasteiger partial charge is 0.375 e. The van der Waals surface area contributed by atoms with Crippen LogP contribution < -0.4 is 15.0 Å². The van der Waals surface area contributed by atoms with Crippen LogP contribution in [0, 0.1) is 6.92 Å². The van der Waals surface area contributed by atoms with Crippen LogP contribution in [0.2, 0.25) is 0 Å². The van der Waals surface area contributed by atoms with E-state index in [-0.39, 0.29) is 18.2 Å². The Morgan fingerprint density at radius 1 is 1.27 bits per heavy atom. The van der Waals surface area contributed by atoms with Crippen LogP contribution >= 0.6 is 0 Å². The summed E-state index contributed by atoms with van der Waals surface area (Å²) in [6, 6.07) is 8.49. The molecule has 2 heterocycles. The van der Waals surface area contributed by atoms with E-state index in [2.05, 4.69) is 5.32 Å². The van der Waals surface area contributed by atoms with Gasteiger partial charge >= 0.3 is 5.97 Å². The molecular formula is C18H18N2O6. The van der Waals surface area contributed by atoms with Crippen molar-refractivity contribution in [2.75, 3.05) is 25.1 Å². The van der Waals surface area contributed by atoms with Gasteiger partial charge in [0.05, 0.1) is 18.5 Å². The van der Waals surface area contributed by atoms with E-state index < -0.39 is 24.6 Å². The van der Waals surface area contributed by atoms with Crippen molar-refractivity contribution in [2.45, 2.75) is 13.0 Å². The lowest BCUT2D eigenvalue weighted by Crippen LogP contribution is -2.51. The first-order valence-electron chi connectivity index (χ1n) is 8.00. The van der Waals surface area contributed by atoms with Crippen LogP contribution in [0.5, 0.6) is 5.75 Å². The number of esters is 1. The molecule has 8 nitrogen and oxygen atoms in total. The zero-order valence-electron chi connectivity index (χ0n) is 14.4. The molecule has 0 spiro atoms. The van der Waals surface area contributed by atoms with Crippen molar-refractivity contribution in [1.82, 2.24) is 5.32 Å². The van der Waals surface area contributed by atoms with Crippen molar-refractivity contribution in [3.8, 4) is 5.75 Å². The molecule has 0 radical (unpaired) electrons. The van der Waals surface area contributed by atoms with E-state index in [1.807, 2.05) is 0 Å². The number of nitrogens with one attached hydrogen (secondary N) is 1. The number of rotatable bonds is 4. The second kappa shape index (κ2) is 7.30. The topological polar surface area (TPSA) is 98.1 Å². The summed E-state index contributed by atoms with van der Waals surface area (Å²) < 4.78 is 15.7. The number of hydrogen-bond acceptors (Lipinski definition) is 6. The lowest BCUT2D eigenvalue weighted by atomic mass is 10.1. The number of amides is 2. The predicted octanol–water partition coefficient (Wildman–Crippen LogP) is 1.29. The Balaban J connectivity index is 1.74. The summed E-state index contributed by atoms with van der Waals surface area (Å²) >= 11 is 0. The molecule has 1 aromatic carbocycles. The summed E-state index contributed by atoms with van der Waals surface area (Å²) in [4.78, 5) is 37.9. The van der Waals surface area contributed by atoms with Gasteiger partial charge in [-0.25, -0.2) is 4.79 Å². The fraction of sp³-hybridized carbons (Fsp3) is 0.278. The summed E-state index contributed by atoms with van der Waals surface area (Å²) in [7, 11) is 1.49. The summed E-state index contributed by atoms with van der Waals surface area (Å²) in [5.41, 5.74) is 1.14. The highest BCUT2D eigenvalue weighted by atomic mass is 16.5. The molecule has 2 aromatic rings. The van der Waals surface area contributed by atoms with E-state index in [0.717, 1.165) is 0 Å². The zero-order chi connectivity index (χ0) is 18.7. The summed E-state index contributed by atoms with van der Waals surface area (Å²) in [5, 5.41) is 2.50. The molecule has 0 fully saturated rings. The number of para-hydroxylation sites is 2. The fourth-order valence-corrected chi connectivity index (χ4v) is 2.62. The van der Waals surface area contributed by atoms with Crippen molar-refractivity contribution in [2.24, 2.45) is 0 Å². The number of furan rings is 1. The lowest BCUT2D eigenvalue weighted by molar-refractivity contribution is -0.128. The second-order valence-corrected chi connectivity index (χ2v) is 5.70. The van der Waals surface area contributed by atoms with E-state index in [1.165, 1.54) is 18.2 Å². The lowest BCUT2D eigenvalue weighted by Gasteiger charge is -2.33. The van der Waals surface area contributed by atoms with Gasteiger partial charge in [-0.2, -0.15) is 0 Å². The highest BCUT2D eigenvalue weighted by Gasteiger charge is 2.33. The molecule has 26 heavy (non-hydrogen) atoms. The molecule has 0 bridgehead atoms. The summed E-state index contributed by atoms with van der Waals surface area (Å²) in [6.45, 7) is 1.24. The van der Waals surface area contributed by atoms with Crippen LogP contribution in [0.1, 0.15) is 16.1 Å². The van der Waals surface area contributed by atoms with Gasteiger partial charge in [0.2, 0.25) is 5.76 Å². The molecule has 1 N–H and O–H groups in total. The molecular weight excluding hydrogens is 340 g/mol. The number of hydrogen-bond donors (Lipinski definition) is 1. The van der Waals surface area contributed by atoms with Crippen molar-refractivity contribution in [3.63, 3.8) is 0 Å². The van der Waals surface area contributed by atoms with E-state index >= 15 is 0 Å². The first kappa shape index (κ1) is 17.5. The Labute approximate surface area is 149 Å². The SMILES string of the molecule is CNC(=O)C1CN(C(=O)COC(=O)c2occc2C)c2ccccc2O1. The Morgan fingerprint density at radius 2 is 2.04 bits per heavy atom. The normalized spacial score (nSPS) is 15.6. The van der Waals surface area contributed by atoms with Crippen LogP contribution in [-0.2, 0) is 14.3 Å². The number of carbonyl (C=O) groups is 3. The van der Waals surface area contributed by atoms with Crippen LogP contribution in [-0.4, -0.2) is 44.1 Å². The van der Waals surface area contributed by atoms with Gasteiger partial charge in [0, 0.05) is 12.6 Å². The Kier molecular flexibility index (Phi) is 4.92. The van der Waals surface area contributed by atoms with E-state index in [9.17, 15) is 14.4 Å². The average Bonchev–Trinajstić information content (AvgIpc) is 3.10. The van der Waals surface area contributed by atoms with Crippen LogP contribution in [0.3, 0.4) is 0 Å². The van der Waals surface area contributed by atoms with E-state index in [4.69, 9.17) is 13.9 Å². The summed E-state index contributed by atoms with van der Waals surface area (Å²) in [6.07, 6.45) is 0.529. The van der Waals surface area contributed by atoms with Gasteiger partial charge in [0.25, 0.3) is 11.8 Å². The highest BCUT2D eigenvalue weighted by molar-refractivity contribution is 5.99. The predicted molar refractivity (Wildman–Crippen MR) is 91.0 cm³/mol. The minimum absolute atomic E-state index is 0.0207. The molecule has 0 saturated heterocycles. The first-order chi connectivity index (χ1) is 12.5. The molecule has 1 atom stereocenters. The number of aryl methyl sites for hydroxylation is 1. The minimum atomic E-state index is -0.845. The molecule has 0 saturated carbocycles. The number of ether oxygens (including phenoxy) is 2. The molecule has 8 heteroatoms. The first-order valence-corrected chi connectivity index (χ1v) is 8.00. The van der Waals surface area contributed by atoms with E-state index in [1.54, 1.807) is 37.3 Å². The van der Waals surface area contributed by atoms with Crippen LogP contribution in [0.4, 0.5) is 5.69 Å². The van der Waals surface area contributed by atoms with Crippen LogP contribution in [0.15, 0.2) is 41.0 Å². The number of fused-ring (bicyclic) bond motifs is 1. The fourth-order valence-electron chi connectivity index (χ4n) is 2.62. The van der Waals surface area contributed by atoms with Gasteiger partial charge in [-0.3, -0.25) is 9.59 Å². The third-order valence-electron chi connectivity index (χ3n) is 3.99. The maximum atomic E-state index is 12.6. The van der Waals surface area contributed by atoms with Crippen molar-refractivity contribution in [1.29, 1.82) is 0 Å². The number of anilines is 1. The number of carbonyl (C=O) groups excluding carboxylic acids is 3. The second-order valence-electron chi connectivity index (χ2n) is 5.70. The molecule has 0 aliphatic carbocycles. The monoisotopic (exact) mass is 358 g/mol.